The molecule has 1 aromatic rings. The van der Waals surface area contributed by atoms with E-state index in [4.69, 9.17) is 0 Å². The number of hydrogen-bond donors (Lipinski definition) is 3. The maximum atomic E-state index is 12.0. The SMILES string of the molecule is Cc1ccc(NC(=O)C(C)C)cc1NC(=O)N[C@@H](C)C(C)C. The van der Waals surface area contributed by atoms with Crippen molar-refractivity contribution in [3.63, 3.8) is 0 Å². The van der Waals surface area contributed by atoms with Gasteiger partial charge in [0.05, 0.1) is 0 Å². The fourth-order valence-electron chi connectivity index (χ4n) is 1.65. The first-order valence-corrected chi connectivity index (χ1v) is 7.69. The van der Waals surface area contributed by atoms with Gasteiger partial charge >= 0.3 is 6.03 Å². The lowest BCUT2D eigenvalue weighted by Crippen LogP contribution is -2.39. The molecule has 0 spiro atoms. The van der Waals surface area contributed by atoms with Gasteiger partial charge in [-0.05, 0) is 37.5 Å². The number of hydrogen-bond acceptors (Lipinski definition) is 2. The van der Waals surface area contributed by atoms with Gasteiger partial charge in [-0.1, -0.05) is 33.8 Å². The predicted molar refractivity (Wildman–Crippen MR) is 91.1 cm³/mol. The number of aryl methyl sites for hydroxylation is 1. The van der Waals surface area contributed by atoms with Crippen molar-refractivity contribution in [2.24, 2.45) is 11.8 Å². The van der Waals surface area contributed by atoms with E-state index >= 15 is 0 Å². The van der Waals surface area contributed by atoms with Gasteiger partial charge in [0.2, 0.25) is 5.91 Å². The number of amides is 3. The third-order valence-electron chi connectivity index (χ3n) is 3.64. The smallest absolute Gasteiger partial charge is 0.319 e. The molecule has 0 aliphatic carbocycles. The second kappa shape index (κ2) is 7.82. The van der Waals surface area contributed by atoms with Gasteiger partial charge < -0.3 is 16.0 Å². The fraction of sp³-hybridized carbons (Fsp3) is 0.529. The molecule has 0 aliphatic rings. The zero-order valence-electron chi connectivity index (χ0n) is 14.3. The zero-order valence-corrected chi connectivity index (χ0v) is 14.3. The summed E-state index contributed by atoms with van der Waals surface area (Å²) in [4.78, 5) is 23.8. The highest BCUT2D eigenvalue weighted by atomic mass is 16.2. The number of benzene rings is 1. The Morgan fingerprint density at radius 1 is 1.00 bits per heavy atom. The highest BCUT2D eigenvalue weighted by molar-refractivity contribution is 5.94. The Bertz CT molecular complexity index is 539. The van der Waals surface area contributed by atoms with Crippen LogP contribution < -0.4 is 16.0 Å². The first kappa shape index (κ1) is 18.0. The van der Waals surface area contributed by atoms with Crippen LogP contribution in [-0.4, -0.2) is 18.0 Å². The topological polar surface area (TPSA) is 70.2 Å². The molecule has 22 heavy (non-hydrogen) atoms. The van der Waals surface area contributed by atoms with Crippen LogP contribution in [0.25, 0.3) is 0 Å². The van der Waals surface area contributed by atoms with E-state index in [1.54, 1.807) is 6.07 Å². The third kappa shape index (κ3) is 5.39. The first-order chi connectivity index (χ1) is 10.2. The maximum absolute atomic E-state index is 12.0. The molecule has 3 N–H and O–H groups in total. The highest BCUT2D eigenvalue weighted by Crippen LogP contribution is 2.21. The summed E-state index contributed by atoms with van der Waals surface area (Å²) in [5.41, 5.74) is 2.31. The summed E-state index contributed by atoms with van der Waals surface area (Å²) in [6.45, 7) is 11.7. The monoisotopic (exact) mass is 305 g/mol. The average molecular weight is 305 g/mol. The van der Waals surface area contributed by atoms with Crippen LogP contribution in [0.1, 0.15) is 40.2 Å². The van der Waals surface area contributed by atoms with E-state index in [1.165, 1.54) is 0 Å². The van der Waals surface area contributed by atoms with Crippen LogP contribution in [0.2, 0.25) is 0 Å². The van der Waals surface area contributed by atoms with Crippen molar-refractivity contribution in [1.82, 2.24) is 5.32 Å². The lowest BCUT2D eigenvalue weighted by atomic mass is 10.1. The molecule has 0 heterocycles. The van der Waals surface area contributed by atoms with Crippen molar-refractivity contribution >= 4 is 23.3 Å². The van der Waals surface area contributed by atoms with E-state index in [1.807, 2.05) is 39.8 Å². The van der Waals surface area contributed by atoms with E-state index in [-0.39, 0.29) is 23.9 Å². The van der Waals surface area contributed by atoms with Crippen LogP contribution in [0.3, 0.4) is 0 Å². The normalized spacial score (nSPS) is 12.2. The van der Waals surface area contributed by atoms with Crippen LogP contribution in [0.4, 0.5) is 16.2 Å². The molecular weight excluding hydrogens is 278 g/mol. The van der Waals surface area contributed by atoms with Gasteiger partial charge in [0.25, 0.3) is 0 Å². The van der Waals surface area contributed by atoms with E-state index in [9.17, 15) is 9.59 Å². The molecule has 1 aromatic carbocycles. The molecule has 0 aliphatic heterocycles. The Morgan fingerprint density at radius 3 is 2.18 bits per heavy atom. The lowest BCUT2D eigenvalue weighted by molar-refractivity contribution is -0.118. The molecule has 0 radical (unpaired) electrons. The Morgan fingerprint density at radius 2 is 1.64 bits per heavy atom. The minimum atomic E-state index is -0.239. The molecule has 0 aromatic heterocycles. The Labute approximate surface area is 132 Å². The number of rotatable bonds is 5. The van der Waals surface area contributed by atoms with Crippen LogP contribution in [-0.2, 0) is 4.79 Å². The summed E-state index contributed by atoms with van der Waals surface area (Å²) in [7, 11) is 0. The maximum Gasteiger partial charge on any atom is 0.319 e. The van der Waals surface area contributed by atoms with Gasteiger partial charge in [0, 0.05) is 23.3 Å². The summed E-state index contributed by atoms with van der Waals surface area (Å²) >= 11 is 0. The highest BCUT2D eigenvalue weighted by Gasteiger charge is 2.13. The minimum Gasteiger partial charge on any atom is -0.335 e. The van der Waals surface area contributed by atoms with E-state index in [2.05, 4.69) is 29.8 Å². The van der Waals surface area contributed by atoms with Gasteiger partial charge in [0.1, 0.15) is 0 Å². The van der Waals surface area contributed by atoms with Crippen LogP contribution in [0, 0.1) is 18.8 Å². The van der Waals surface area contributed by atoms with Crippen molar-refractivity contribution < 1.29 is 9.59 Å². The molecule has 1 atom stereocenters. The van der Waals surface area contributed by atoms with Gasteiger partial charge in [0.15, 0.2) is 0 Å². The van der Waals surface area contributed by atoms with Crippen molar-refractivity contribution in [2.75, 3.05) is 10.6 Å². The summed E-state index contributed by atoms with van der Waals surface area (Å²) in [5.74, 6) is 0.226. The molecule has 122 valence electrons. The van der Waals surface area contributed by atoms with Crippen LogP contribution in [0.5, 0.6) is 0 Å². The Hall–Kier alpha value is -2.04. The number of carbonyl (C=O) groups excluding carboxylic acids is 2. The van der Waals surface area contributed by atoms with E-state index < -0.39 is 0 Å². The molecule has 5 heteroatoms. The quantitative estimate of drug-likeness (QED) is 0.775. The molecule has 0 unspecified atom stereocenters. The first-order valence-electron chi connectivity index (χ1n) is 7.69. The molecule has 0 bridgehead atoms. The van der Waals surface area contributed by atoms with Crippen molar-refractivity contribution in [2.45, 2.75) is 47.6 Å². The molecule has 0 fully saturated rings. The van der Waals surface area contributed by atoms with Crippen molar-refractivity contribution in [1.29, 1.82) is 0 Å². The van der Waals surface area contributed by atoms with Gasteiger partial charge in [-0.2, -0.15) is 0 Å². The largest absolute Gasteiger partial charge is 0.335 e. The number of nitrogens with one attached hydrogen (secondary N) is 3. The molecule has 0 saturated carbocycles. The number of anilines is 2. The van der Waals surface area contributed by atoms with Gasteiger partial charge in [-0.15, -0.1) is 0 Å². The molecule has 0 saturated heterocycles. The molecular formula is C17H27N3O2. The van der Waals surface area contributed by atoms with E-state index in [0.29, 0.717) is 17.3 Å². The van der Waals surface area contributed by atoms with Crippen molar-refractivity contribution in [3.05, 3.63) is 23.8 Å². The molecule has 3 amide bonds. The Kier molecular flexibility index (Phi) is 6.40. The van der Waals surface area contributed by atoms with Gasteiger partial charge in [-0.25, -0.2) is 4.79 Å². The standard InChI is InChI=1S/C17H27N3O2/c1-10(2)13(6)18-17(22)20-15-9-14(8-7-12(15)5)19-16(21)11(3)4/h7-11,13H,1-6H3,(H,19,21)(H2,18,20,22)/t13-/m0/s1. The second-order valence-corrected chi connectivity index (χ2v) is 6.30. The number of urea groups is 1. The second-order valence-electron chi connectivity index (χ2n) is 6.30. The third-order valence-corrected chi connectivity index (χ3v) is 3.64. The summed E-state index contributed by atoms with van der Waals surface area (Å²) < 4.78 is 0. The fourth-order valence-corrected chi connectivity index (χ4v) is 1.65. The van der Waals surface area contributed by atoms with E-state index in [0.717, 1.165) is 5.56 Å². The van der Waals surface area contributed by atoms with Crippen molar-refractivity contribution in [3.8, 4) is 0 Å². The Balaban J connectivity index is 2.78. The lowest BCUT2D eigenvalue weighted by Gasteiger charge is -2.19. The predicted octanol–water partition coefficient (Wildman–Crippen LogP) is 3.76. The minimum absolute atomic E-state index is 0.0484. The van der Waals surface area contributed by atoms with Crippen LogP contribution >= 0.6 is 0 Å². The van der Waals surface area contributed by atoms with Crippen LogP contribution in [0.15, 0.2) is 18.2 Å². The summed E-state index contributed by atoms with van der Waals surface area (Å²) in [6, 6.07) is 5.32. The summed E-state index contributed by atoms with van der Waals surface area (Å²) in [6.07, 6.45) is 0. The molecule has 5 nitrogen and oxygen atoms in total. The zero-order chi connectivity index (χ0) is 16.9. The summed E-state index contributed by atoms with van der Waals surface area (Å²) in [5, 5.41) is 8.56. The average Bonchev–Trinajstić information content (AvgIpc) is 2.42. The number of carbonyl (C=O) groups is 2. The van der Waals surface area contributed by atoms with Gasteiger partial charge in [-0.3, -0.25) is 4.79 Å². The molecule has 1 rings (SSSR count).